The van der Waals surface area contributed by atoms with Gasteiger partial charge in [-0.3, -0.25) is 4.79 Å². The summed E-state index contributed by atoms with van der Waals surface area (Å²) in [5.41, 5.74) is 7.05. The molecule has 0 aliphatic heterocycles. The summed E-state index contributed by atoms with van der Waals surface area (Å²) in [4.78, 5) is 11.3. The average Bonchev–Trinajstić information content (AvgIpc) is 2.18. The summed E-state index contributed by atoms with van der Waals surface area (Å²) in [6.07, 6.45) is 0.317. The number of ether oxygens (including phenoxy) is 1. The highest BCUT2D eigenvalue weighted by Crippen LogP contribution is 2.25. The predicted octanol–water partition coefficient (Wildman–Crippen LogP) is 1.71. The Hall–Kier alpha value is -1.26. The van der Waals surface area contributed by atoms with E-state index in [1.54, 1.807) is 7.11 Å². The van der Waals surface area contributed by atoms with Gasteiger partial charge in [0.15, 0.2) is 0 Å². The van der Waals surface area contributed by atoms with E-state index in [4.69, 9.17) is 10.5 Å². The van der Waals surface area contributed by atoms with Gasteiger partial charge in [-0.2, -0.15) is 0 Å². The minimum absolute atomic E-state index is 0. The van der Waals surface area contributed by atoms with E-state index in [1.165, 1.54) is 0 Å². The van der Waals surface area contributed by atoms with E-state index in [0.717, 1.165) is 5.56 Å². The maximum Gasteiger partial charge on any atom is 0.225 e. The summed E-state index contributed by atoms with van der Waals surface area (Å²) in [6, 6.07) is 5.62. The van der Waals surface area contributed by atoms with Crippen LogP contribution in [0.15, 0.2) is 18.2 Å². The molecule has 0 unspecified atom stereocenters. The molecule has 0 saturated carbocycles. The molecular weight excluding hydrogens is 228 g/mol. The van der Waals surface area contributed by atoms with Crippen LogP contribution in [0.25, 0.3) is 0 Å². The highest BCUT2D eigenvalue weighted by atomic mass is 35.5. The molecule has 0 spiro atoms. The van der Waals surface area contributed by atoms with Crippen LogP contribution in [0.4, 0.5) is 5.69 Å². The Labute approximate surface area is 102 Å². The van der Waals surface area contributed by atoms with E-state index >= 15 is 0 Å². The van der Waals surface area contributed by atoms with Crippen molar-refractivity contribution >= 4 is 24.0 Å². The van der Waals surface area contributed by atoms with E-state index in [0.29, 0.717) is 24.4 Å². The summed E-state index contributed by atoms with van der Waals surface area (Å²) in [7, 11) is 1.57. The Bertz CT molecular complexity index is 356. The van der Waals surface area contributed by atoms with Crippen LogP contribution in [0.2, 0.25) is 0 Å². The third kappa shape index (κ3) is 4.08. The Morgan fingerprint density at radius 2 is 2.19 bits per heavy atom. The number of benzene rings is 1. The van der Waals surface area contributed by atoms with Crippen molar-refractivity contribution in [3.63, 3.8) is 0 Å². The molecule has 0 aromatic heterocycles. The van der Waals surface area contributed by atoms with Crippen LogP contribution in [0.5, 0.6) is 5.75 Å². The Kier molecular flexibility index (Phi) is 6.53. The molecule has 1 aromatic carbocycles. The number of carbonyl (C=O) groups is 1. The van der Waals surface area contributed by atoms with E-state index in [2.05, 4.69) is 5.32 Å². The second-order valence-electron chi connectivity index (χ2n) is 3.29. The fourth-order valence-electron chi connectivity index (χ4n) is 1.26. The van der Waals surface area contributed by atoms with E-state index in [1.807, 2.05) is 25.1 Å². The third-order valence-corrected chi connectivity index (χ3v) is 2.00. The number of nitrogens with two attached hydrogens (primary N) is 1. The normalized spacial score (nSPS) is 9.19. The van der Waals surface area contributed by atoms with Crippen LogP contribution in [-0.2, 0) is 4.79 Å². The lowest BCUT2D eigenvalue weighted by Crippen LogP contribution is -2.16. The topological polar surface area (TPSA) is 64.3 Å². The minimum Gasteiger partial charge on any atom is -0.495 e. The molecule has 0 bridgehead atoms. The van der Waals surface area contributed by atoms with Crippen LogP contribution in [0.3, 0.4) is 0 Å². The first-order chi connectivity index (χ1) is 7.17. The largest absolute Gasteiger partial charge is 0.495 e. The first-order valence-corrected chi connectivity index (χ1v) is 4.82. The first-order valence-electron chi connectivity index (χ1n) is 4.82. The molecule has 16 heavy (non-hydrogen) atoms. The van der Waals surface area contributed by atoms with Gasteiger partial charge in [0, 0.05) is 13.0 Å². The minimum atomic E-state index is -0.0959. The fourth-order valence-corrected chi connectivity index (χ4v) is 1.26. The fraction of sp³-hybridized carbons (Fsp3) is 0.364. The lowest BCUT2D eigenvalue weighted by molar-refractivity contribution is -0.116. The Morgan fingerprint density at radius 1 is 1.50 bits per heavy atom. The summed E-state index contributed by atoms with van der Waals surface area (Å²) >= 11 is 0. The summed E-state index contributed by atoms with van der Waals surface area (Å²) < 4.78 is 5.13. The predicted molar refractivity (Wildman–Crippen MR) is 67.3 cm³/mol. The molecule has 0 saturated heterocycles. The molecule has 0 heterocycles. The molecule has 1 aromatic rings. The molecular formula is C11H17ClN2O2. The lowest BCUT2D eigenvalue weighted by Gasteiger charge is -2.10. The lowest BCUT2D eigenvalue weighted by atomic mass is 10.2. The second-order valence-corrected chi connectivity index (χ2v) is 3.29. The number of methoxy groups -OCH3 is 1. The first kappa shape index (κ1) is 14.7. The smallest absolute Gasteiger partial charge is 0.225 e. The number of rotatable bonds is 4. The van der Waals surface area contributed by atoms with Crippen molar-refractivity contribution in [3.05, 3.63) is 23.8 Å². The zero-order valence-electron chi connectivity index (χ0n) is 9.45. The number of hydrogen-bond acceptors (Lipinski definition) is 3. The van der Waals surface area contributed by atoms with Crippen molar-refractivity contribution in [1.29, 1.82) is 0 Å². The van der Waals surface area contributed by atoms with Gasteiger partial charge in [0.1, 0.15) is 5.75 Å². The van der Waals surface area contributed by atoms with Crippen LogP contribution < -0.4 is 15.8 Å². The van der Waals surface area contributed by atoms with Crippen LogP contribution in [-0.4, -0.2) is 19.6 Å². The zero-order valence-corrected chi connectivity index (χ0v) is 10.3. The molecule has 0 fully saturated rings. The standard InChI is InChI=1S/C11H16N2O2.ClH/c1-8-3-4-10(15-2)9(7-8)13-11(14)5-6-12;/h3-4,7H,5-6,12H2,1-2H3,(H,13,14);1H. The van der Waals surface area contributed by atoms with Gasteiger partial charge in [0.05, 0.1) is 12.8 Å². The van der Waals surface area contributed by atoms with Gasteiger partial charge in [-0.15, -0.1) is 12.4 Å². The SMILES string of the molecule is COc1ccc(C)cc1NC(=O)CCN.Cl. The van der Waals surface area contributed by atoms with Crippen LogP contribution in [0, 0.1) is 6.92 Å². The van der Waals surface area contributed by atoms with Crippen LogP contribution in [0.1, 0.15) is 12.0 Å². The number of anilines is 1. The van der Waals surface area contributed by atoms with Gasteiger partial charge in [-0.1, -0.05) is 6.07 Å². The molecule has 0 aliphatic rings. The van der Waals surface area contributed by atoms with Crippen molar-refractivity contribution in [1.82, 2.24) is 0 Å². The molecule has 1 amide bonds. The van der Waals surface area contributed by atoms with Gasteiger partial charge in [0.25, 0.3) is 0 Å². The molecule has 4 nitrogen and oxygen atoms in total. The van der Waals surface area contributed by atoms with Crippen molar-refractivity contribution in [2.75, 3.05) is 19.0 Å². The van der Waals surface area contributed by atoms with Crippen LogP contribution >= 0.6 is 12.4 Å². The molecule has 90 valence electrons. The van der Waals surface area contributed by atoms with Gasteiger partial charge in [-0.05, 0) is 24.6 Å². The number of hydrogen-bond donors (Lipinski definition) is 2. The Balaban J connectivity index is 0.00000225. The maximum atomic E-state index is 11.3. The molecule has 3 N–H and O–H groups in total. The number of halogens is 1. The van der Waals surface area contributed by atoms with Gasteiger partial charge < -0.3 is 15.8 Å². The highest BCUT2D eigenvalue weighted by Gasteiger charge is 2.06. The average molecular weight is 245 g/mol. The van der Waals surface area contributed by atoms with Crippen molar-refractivity contribution in [2.45, 2.75) is 13.3 Å². The van der Waals surface area contributed by atoms with E-state index in [9.17, 15) is 4.79 Å². The number of amides is 1. The molecule has 1 rings (SSSR count). The molecule has 0 atom stereocenters. The van der Waals surface area contributed by atoms with E-state index < -0.39 is 0 Å². The summed E-state index contributed by atoms with van der Waals surface area (Å²) in [5.74, 6) is 0.562. The second kappa shape index (κ2) is 7.09. The highest BCUT2D eigenvalue weighted by molar-refractivity contribution is 5.92. The van der Waals surface area contributed by atoms with Gasteiger partial charge in [0.2, 0.25) is 5.91 Å². The van der Waals surface area contributed by atoms with Gasteiger partial charge >= 0.3 is 0 Å². The number of aryl methyl sites for hydroxylation is 1. The molecule has 5 heteroatoms. The van der Waals surface area contributed by atoms with Crippen molar-refractivity contribution in [3.8, 4) is 5.75 Å². The van der Waals surface area contributed by atoms with Gasteiger partial charge in [-0.25, -0.2) is 0 Å². The summed E-state index contributed by atoms with van der Waals surface area (Å²) in [6.45, 7) is 2.30. The Morgan fingerprint density at radius 3 is 2.75 bits per heavy atom. The van der Waals surface area contributed by atoms with Crippen molar-refractivity contribution in [2.24, 2.45) is 5.73 Å². The third-order valence-electron chi connectivity index (χ3n) is 2.00. The number of nitrogens with one attached hydrogen (secondary N) is 1. The van der Waals surface area contributed by atoms with E-state index in [-0.39, 0.29) is 18.3 Å². The monoisotopic (exact) mass is 244 g/mol. The number of carbonyl (C=O) groups excluding carboxylic acids is 1. The summed E-state index contributed by atoms with van der Waals surface area (Å²) in [5, 5.41) is 2.76. The molecule has 0 aliphatic carbocycles. The molecule has 0 radical (unpaired) electrons. The maximum absolute atomic E-state index is 11.3. The zero-order chi connectivity index (χ0) is 11.3. The quantitative estimate of drug-likeness (QED) is 0.848. The van der Waals surface area contributed by atoms with Crippen molar-refractivity contribution < 1.29 is 9.53 Å².